The Morgan fingerprint density at radius 1 is 0.710 bits per heavy atom. The fraction of sp³-hybridized carbons (Fsp3) is 0.280. The molecular formula is C25H24F4O2. The van der Waals surface area contributed by atoms with Crippen LogP contribution < -0.4 is 9.47 Å². The molecule has 6 heteroatoms. The molecule has 0 aliphatic rings. The first-order chi connectivity index (χ1) is 15.0. The summed E-state index contributed by atoms with van der Waals surface area (Å²) >= 11 is 0. The third kappa shape index (κ3) is 5.19. The number of ether oxygens (including phenoxy) is 2. The second kappa shape index (κ2) is 10.3. The fourth-order valence-electron chi connectivity index (χ4n) is 3.30. The maximum Gasteiger partial charge on any atom is 0.201 e. The number of rotatable bonds is 9. The zero-order valence-electron chi connectivity index (χ0n) is 17.5. The quantitative estimate of drug-likeness (QED) is 0.262. The van der Waals surface area contributed by atoms with Crippen molar-refractivity contribution >= 4 is 0 Å². The Labute approximate surface area is 179 Å². The van der Waals surface area contributed by atoms with E-state index in [-0.39, 0.29) is 23.7 Å². The van der Waals surface area contributed by atoms with Crippen molar-refractivity contribution in [3.05, 3.63) is 82.9 Å². The van der Waals surface area contributed by atoms with Gasteiger partial charge in [0.25, 0.3) is 0 Å². The number of aryl methyl sites for hydroxylation is 1. The molecule has 0 fully saturated rings. The predicted molar refractivity (Wildman–Crippen MR) is 112 cm³/mol. The molecule has 31 heavy (non-hydrogen) atoms. The van der Waals surface area contributed by atoms with Crippen LogP contribution in [0.3, 0.4) is 0 Å². The summed E-state index contributed by atoms with van der Waals surface area (Å²) in [4.78, 5) is 0. The minimum Gasteiger partial charge on any atom is -0.494 e. The Kier molecular flexibility index (Phi) is 7.55. The summed E-state index contributed by atoms with van der Waals surface area (Å²) in [6.07, 6.45) is 3.26. The van der Waals surface area contributed by atoms with Crippen LogP contribution in [-0.2, 0) is 13.0 Å². The molecule has 0 amide bonds. The van der Waals surface area contributed by atoms with Crippen LogP contribution in [0.2, 0.25) is 0 Å². The van der Waals surface area contributed by atoms with Crippen molar-refractivity contribution in [3.63, 3.8) is 0 Å². The summed E-state index contributed by atoms with van der Waals surface area (Å²) in [6, 6.07) is 12.3. The molecule has 0 spiro atoms. The van der Waals surface area contributed by atoms with Gasteiger partial charge in [0.2, 0.25) is 11.6 Å². The van der Waals surface area contributed by atoms with Crippen molar-refractivity contribution in [3.8, 4) is 22.6 Å². The Hall–Kier alpha value is -3.02. The van der Waals surface area contributed by atoms with Gasteiger partial charge in [0.15, 0.2) is 23.1 Å². The molecule has 3 rings (SSSR count). The molecule has 0 aliphatic heterocycles. The molecule has 0 N–H and O–H groups in total. The number of halogens is 4. The first kappa shape index (κ1) is 22.7. The topological polar surface area (TPSA) is 18.5 Å². The Morgan fingerprint density at radius 3 is 2.06 bits per heavy atom. The summed E-state index contributed by atoms with van der Waals surface area (Å²) < 4.78 is 67.0. The van der Waals surface area contributed by atoms with Gasteiger partial charge in [-0.05, 0) is 47.7 Å². The van der Waals surface area contributed by atoms with Gasteiger partial charge >= 0.3 is 0 Å². The summed E-state index contributed by atoms with van der Waals surface area (Å²) in [5.74, 6) is -4.26. The summed E-state index contributed by atoms with van der Waals surface area (Å²) in [5.41, 5.74) is 1.58. The summed E-state index contributed by atoms with van der Waals surface area (Å²) in [5, 5.41) is 0. The van der Waals surface area contributed by atoms with Crippen molar-refractivity contribution < 1.29 is 27.0 Å². The van der Waals surface area contributed by atoms with Crippen molar-refractivity contribution in [1.82, 2.24) is 0 Å². The molecule has 3 aromatic rings. The van der Waals surface area contributed by atoms with E-state index in [9.17, 15) is 17.6 Å². The van der Waals surface area contributed by atoms with E-state index in [1.165, 1.54) is 25.3 Å². The van der Waals surface area contributed by atoms with Gasteiger partial charge in [0.1, 0.15) is 6.61 Å². The molecular weight excluding hydrogens is 408 g/mol. The monoisotopic (exact) mass is 432 g/mol. The van der Waals surface area contributed by atoms with Gasteiger partial charge in [-0.15, -0.1) is 0 Å². The van der Waals surface area contributed by atoms with E-state index in [4.69, 9.17) is 9.47 Å². The minimum absolute atomic E-state index is 0.00524. The third-order valence-electron chi connectivity index (χ3n) is 5.10. The summed E-state index contributed by atoms with van der Waals surface area (Å²) in [7, 11) is 1.26. The number of benzene rings is 3. The largest absolute Gasteiger partial charge is 0.494 e. The van der Waals surface area contributed by atoms with Crippen molar-refractivity contribution in [2.75, 3.05) is 7.11 Å². The Bertz CT molecular complexity index is 1030. The van der Waals surface area contributed by atoms with E-state index >= 15 is 0 Å². The number of unbranched alkanes of at least 4 members (excludes halogenated alkanes) is 2. The molecule has 0 bridgehead atoms. The van der Waals surface area contributed by atoms with E-state index in [0.717, 1.165) is 19.3 Å². The zero-order valence-corrected chi connectivity index (χ0v) is 17.5. The zero-order chi connectivity index (χ0) is 22.4. The highest BCUT2D eigenvalue weighted by Crippen LogP contribution is 2.30. The van der Waals surface area contributed by atoms with Crippen LogP contribution in [0, 0.1) is 23.3 Å². The molecule has 164 valence electrons. The first-order valence-electron chi connectivity index (χ1n) is 10.2. The fourth-order valence-corrected chi connectivity index (χ4v) is 3.30. The predicted octanol–water partition coefficient (Wildman–Crippen LogP) is 7.23. The highest BCUT2D eigenvalue weighted by molar-refractivity contribution is 5.65. The molecule has 0 radical (unpaired) electrons. The molecule has 2 nitrogen and oxygen atoms in total. The highest BCUT2D eigenvalue weighted by atomic mass is 19.2. The van der Waals surface area contributed by atoms with Crippen LogP contribution in [-0.4, -0.2) is 7.11 Å². The van der Waals surface area contributed by atoms with E-state index in [1.807, 2.05) is 6.92 Å². The average molecular weight is 432 g/mol. The van der Waals surface area contributed by atoms with Gasteiger partial charge in [-0.25, -0.2) is 8.78 Å². The van der Waals surface area contributed by atoms with Gasteiger partial charge in [-0.2, -0.15) is 8.78 Å². The second-order valence-corrected chi connectivity index (χ2v) is 7.24. The van der Waals surface area contributed by atoms with Gasteiger partial charge in [-0.1, -0.05) is 50.1 Å². The highest BCUT2D eigenvalue weighted by Gasteiger charge is 2.16. The van der Waals surface area contributed by atoms with Crippen LogP contribution in [0.15, 0.2) is 48.5 Å². The number of methoxy groups -OCH3 is 1. The maximum atomic E-state index is 14.3. The number of hydrogen-bond acceptors (Lipinski definition) is 2. The van der Waals surface area contributed by atoms with Crippen molar-refractivity contribution in [1.29, 1.82) is 0 Å². The lowest BCUT2D eigenvalue weighted by molar-refractivity contribution is 0.284. The minimum atomic E-state index is -1.05. The van der Waals surface area contributed by atoms with Gasteiger partial charge in [0.05, 0.1) is 7.11 Å². The molecule has 3 aromatic carbocycles. The number of hydrogen-bond donors (Lipinski definition) is 0. The molecule has 0 aliphatic carbocycles. The Balaban J connectivity index is 1.69. The third-order valence-corrected chi connectivity index (χ3v) is 5.10. The molecule has 0 heterocycles. The van der Waals surface area contributed by atoms with Gasteiger partial charge < -0.3 is 9.47 Å². The van der Waals surface area contributed by atoms with E-state index in [1.54, 1.807) is 30.3 Å². The van der Waals surface area contributed by atoms with Crippen LogP contribution in [0.25, 0.3) is 11.1 Å². The van der Waals surface area contributed by atoms with Crippen molar-refractivity contribution in [2.45, 2.75) is 39.2 Å². The lowest BCUT2D eigenvalue weighted by Crippen LogP contribution is -2.02. The first-order valence-corrected chi connectivity index (χ1v) is 10.2. The smallest absolute Gasteiger partial charge is 0.201 e. The van der Waals surface area contributed by atoms with Gasteiger partial charge in [-0.3, -0.25) is 0 Å². The van der Waals surface area contributed by atoms with Crippen LogP contribution >= 0.6 is 0 Å². The molecule has 0 saturated carbocycles. The van der Waals surface area contributed by atoms with Crippen LogP contribution in [0.4, 0.5) is 17.6 Å². The lowest BCUT2D eigenvalue weighted by Gasteiger charge is -2.11. The van der Waals surface area contributed by atoms with Crippen LogP contribution in [0.5, 0.6) is 11.5 Å². The van der Waals surface area contributed by atoms with E-state index < -0.39 is 23.3 Å². The SMILES string of the molecule is CCCCCc1ccc(OCc2ccc(-c3ccc(OC)c(F)c3F)cc2)c(F)c1F. The standard InChI is InChI=1S/C25H24F4O2/c1-3-4-5-6-18-11-13-21(25(29)22(18)26)31-15-16-7-9-17(10-8-16)19-12-14-20(30-2)24(28)23(19)27/h7-14H,3-6,15H2,1-2H3. The van der Waals surface area contributed by atoms with E-state index in [0.29, 0.717) is 23.1 Å². The maximum absolute atomic E-state index is 14.3. The molecule has 0 atom stereocenters. The molecule has 0 saturated heterocycles. The second-order valence-electron chi connectivity index (χ2n) is 7.24. The molecule has 0 aromatic heterocycles. The Morgan fingerprint density at radius 2 is 1.39 bits per heavy atom. The van der Waals surface area contributed by atoms with Gasteiger partial charge in [0, 0.05) is 5.56 Å². The van der Waals surface area contributed by atoms with Crippen molar-refractivity contribution in [2.24, 2.45) is 0 Å². The van der Waals surface area contributed by atoms with E-state index in [2.05, 4.69) is 0 Å². The average Bonchev–Trinajstić information content (AvgIpc) is 2.78. The molecule has 0 unspecified atom stereocenters. The lowest BCUT2D eigenvalue weighted by atomic mass is 10.0. The summed E-state index contributed by atoms with van der Waals surface area (Å²) in [6.45, 7) is 2.05. The normalized spacial score (nSPS) is 10.9. The van der Waals surface area contributed by atoms with Crippen LogP contribution in [0.1, 0.15) is 37.3 Å².